The minimum absolute atomic E-state index is 0.0338. The number of benzene rings is 3. The molecule has 0 spiro atoms. The average molecular weight is 423 g/mol. The molecule has 3 aromatic rings. The normalized spacial score (nSPS) is 11.9. The Labute approximate surface area is 168 Å². The van der Waals surface area contributed by atoms with E-state index in [0.29, 0.717) is 23.4 Å². The number of carbonyl (C=O) groups is 1. The Hall–Kier alpha value is -3.29. The van der Waals surface area contributed by atoms with Crippen molar-refractivity contribution < 1.29 is 31.1 Å². The Morgan fingerprint density at radius 2 is 1.27 bits per heavy atom. The van der Waals surface area contributed by atoms with E-state index in [0.717, 1.165) is 5.56 Å². The van der Waals surface area contributed by atoms with Crippen LogP contribution in [0.15, 0.2) is 72.8 Å². The van der Waals surface area contributed by atoms with E-state index in [2.05, 4.69) is 5.32 Å². The molecule has 0 aliphatic heterocycles. The van der Waals surface area contributed by atoms with E-state index in [-0.39, 0.29) is 11.6 Å². The van der Waals surface area contributed by atoms with Crippen LogP contribution in [0.25, 0.3) is 11.1 Å². The fourth-order valence-corrected chi connectivity index (χ4v) is 2.96. The summed E-state index contributed by atoms with van der Waals surface area (Å²) in [6, 6.07) is 16.9. The Morgan fingerprint density at radius 3 is 1.83 bits per heavy atom. The molecule has 0 saturated carbocycles. The van der Waals surface area contributed by atoms with Crippen LogP contribution >= 0.6 is 0 Å². The van der Waals surface area contributed by atoms with Crippen molar-refractivity contribution in [2.45, 2.75) is 18.8 Å². The summed E-state index contributed by atoms with van der Waals surface area (Å²) in [4.78, 5) is 12.4. The number of halogens is 6. The van der Waals surface area contributed by atoms with Gasteiger partial charge in [0.25, 0.3) is 0 Å². The van der Waals surface area contributed by atoms with Crippen LogP contribution in [0.4, 0.5) is 32.0 Å². The van der Waals surface area contributed by atoms with Gasteiger partial charge >= 0.3 is 12.4 Å². The molecule has 3 rings (SSSR count). The van der Waals surface area contributed by atoms with Crippen LogP contribution in [0.1, 0.15) is 16.7 Å². The number of anilines is 1. The van der Waals surface area contributed by atoms with Crippen molar-refractivity contribution in [2.75, 3.05) is 5.32 Å². The average Bonchev–Trinajstić information content (AvgIpc) is 2.67. The molecule has 0 atom stereocenters. The third-order valence-corrected chi connectivity index (χ3v) is 4.30. The molecule has 1 N–H and O–H groups in total. The topological polar surface area (TPSA) is 29.1 Å². The molecular formula is C22H15F6NO. The van der Waals surface area contributed by atoms with E-state index in [1.54, 1.807) is 36.4 Å². The van der Waals surface area contributed by atoms with Gasteiger partial charge in [-0.3, -0.25) is 4.79 Å². The Kier molecular flexibility index (Phi) is 5.87. The van der Waals surface area contributed by atoms with Crippen LogP contribution in [-0.4, -0.2) is 5.91 Å². The van der Waals surface area contributed by atoms with Gasteiger partial charge in [-0.2, -0.15) is 26.3 Å². The number of alkyl halides is 6. The first-order chi connectivity index (χ1) is 14.0. The zero-order chi connectivity index (χ0) is 21.9. The SMILES string of the molecule is O=C(Cc1cc(C(F)(F)F)cc(C(F)(F)F)c1)Nc1ccccc1-c1ccccc1. The quantitative estimate of drug-likeness (QED) is 0.473. The molecule has 0 unspecified atom stereocenters. The van der Waals surface area contributed by atoms with E-state index >= 15 is 0 Å². The highest BCUT2D eigenvalue weighted by Gasteiger charge is 2.37. The Bertz CT molecular complexity index is 1010. The van der Waals surface area contributed by atoms with Crippen LogP contribution in [0.5, 0.6) is 0 Å². The predicted molar refractivity (Wildman–Crippen MR) is 101 cm³/mol. The van der Waals surface area contributed by atoms with Gasteiger partial charge in [0.2, 0.25) is 5.91 Å². The first kappa shape index (κ1) is 21.4. The maximum absolute atomic E-state index is 13.0. The van der Waals surface area contributed by atoms with Crippen molar-refractivity contribution in [3.05, 3.63) is 89.5 Å². The predicted octanol–water partition coefficient (Wildman–Crippen LogP) is 6.57. The molecule has 0 saturated heterocycles. The molecule has 0 fully saturated rings. The van der Waals surface area contributed by atoms with E-state index < -0.39 is 35.8 Å². The maximum Gasteiger partial charge on any atom is 0.416 e. The van der Waals surface area contributed by atoms with Crippen LogP contribution in [0.2, 0.25) is 0 Å². The molecule has 3 aromatic carbocycles. The van der Waals surface area contributed by atoms with Gasteiger partial charge in [-0.15, -0.1) is 0 Å². The fraction of sp³-hybridized carbons (Fsp3) is 0.136. The minimum Gasteiger partial charge on any atom is -0.325 e. The van der Waals surface area contributed by atoms with Crippen LogP contribution in [0.3, 0.4) is 0 Å². The zero-order valence-electron chi connectivity index (χ0n) is 15.3. The second-order valence-corrected chi connectivity index (χ2v) is 6.55. The number of hydrogen-bond donors (Lipinski definition) is 1. The lowest BCUT2D eigenvalue weighted by Crippen LogP contribution is -2.17. The standard InChI is InChI=1S/C22H15F6NO/c23-21(24,25)16-10-14(11-17(13-16)22(26,27)28)12-20(30)29-19-9-5-4-8-18(19)15-6-2-1-3-7-15/h1-11,13H,12H2,(H,29,30). The summed E-state index contributed by atoms with van der Waals surface area (Å²) < 4.78 is 78.0. The molecule has 156 valence electrons. The highest BCUT2D eigenvalue weighted by Crippen LogP contribution is 2.36. The summed E-state index contributed by atoms with van der Waals surface area (Å²) >= 11 is 0. The van der Waals surface area contributed by atoms with Gasteiger partial charge in [-0.05, 0) is 35.4 Å². The number of rotatable bonds is 4. The Morgan fingerprint density at radius 1 is 0.733 bits per heavy atom. The minimum atomic E-state index is -4.97. The van der Waals surface area contributed by atoms with Gasteiger partial charge in [0, 0.05) is 11.3 Å². The van der Waals surface area contributed by atoms with Crippen molar-refractivity contribution >= 4 is 11.6 Å². The number of para-hydroxylation sites is 1. The summed E-state index contributed by atoms with van der Waals surface area (Å²) in [5.74, 6) is -0.731. The first-order valence-electron chi connectivity index (χ1n) is 8.77. The van der Waals surface area contributed by atoms with E-state index in [1.165, 1.54) is 0 Å². The largest absolute Gasteiger partial charge is 0.416 e. The smallest absolute Gasteiger partial charge is 0.325 e. The van der Waals surface area contributed by atoms with Crippen LogP contribution < -0.4 is 5.32 Å². The number of amides is 1. The second-order valence-electron chi connectivity index (χ2n) is 6.55. The number of carbonyl (C=O) groups excluding carboxylic acids is 1. The molecule has 0 bridgehead atoms. The van der Waals surface area contributed by atoms with Crippen molar-refractivity contribution in [3.63, 3.8) is 0 Å². The molecule has 0 aliphatic rings. The van der Waals surface area contributed by atoms with Crippen molar-refractivity contribution in [1.29, 1.82) is 0 Å². The van der Waals surface area contributed by atoms with Gasteiger partial charge < -0.3 is 5.32 Å². The van der Waals surface area contributed by atoms with E-state index in [4.69, 9.17) is 0 Å². The summed E-state index contributed by atoms with van der Waals surface area (Å²) in [7, 11) is 0. The van der Waals surface area contributed by atoms with Gasteiger partial charge in [-0.25, -0.2) is 0 Å². The monoisotopic (exact) mass is 423 g/mol. The zero-order valence-corrected chi connectivity index (χ0v) is 15.3. The van der Waals surface area contributed by atoms with Gasteiger partial charge in [-0.1, -0.05) is 48.5 Å². The summed E-state index contributed by atoms with van der Waals surface area (Å²) in [5, 5.41) is 2.57. The Balaban J connectivity index is 1.87. The number of hydrogen-bond acceptors (Lipinski definition) is 1. The number of nitrogens with one attached hydrogen (secondary N) is 1. The van der Waals surface area contributed by atoms with Crippen LogP contribution in [0, 0.1) is 0 Å². The summed E-state index contributed by atoms with van der Waals surface area (Å²) in [5.41, 5.74) is -1.42. The maximum atomic E-state index is 13.0. The highest BCUT2D eigenvalue weighted by atomic mass is 19.4. The fourth-order valence-electron chi connectivity index (χ4n) is 2.96. The second kappa shape index (κ2) is 8.22. The van der Waals surface area contributed by atoms with Gasteiger partial charge in [0.1, 0.15) is 0 Å². The van der Waals surface area contributed by atoms with Crippen molar-refractivity contribution in [2.24, 2.45) is 0 Å². The highest BCUT2D eigenvalue weighted by molar-refractivity contribution is 5.96. The molecule has 0 heterocycles. The first-order valence-corrected chi connectivity index (χ1v) is 8.77. The molecule has 0 aromatic heterocycles. The van der Waals surface area contributed by atoms with E-state index in [9.17, 15) is 31.1 Å². The molecule has 1 amide bonds. The van der Waals surface area contributed by atoms with Crippen molar-refractivity contribution in [1.82, 2.24) is 0 Å². The van der Waals surface area contributed by atoms with E-state index in [1.807, 2.05) is 18.2 Å². The molecule has 30 heavy (non-hydrogen) atoms. The molecule has 0 aliphatic carbocycles. The summed E-state index contributed by atoms with van der Waals surface area (Å²) in [6.45, 7) is 0. The summed E-state index contributed by atoms with van der Waals surface area (Å²) in [6.07, 6.45) is -10.6. The third kappa shape index (κ3) is 5.20. The van der Waals surface area contributed by atoms with Crippen LogP contribution in [-0.2, 0) is 23.6 Å². The van der Waals surface area contributed by atoms with Crippen molar-refractivity contribution in [3.8, 4) is 11.1 Å². The lowest BCUT2D eigenvalue weighted by Gasteiger charge is -2.15. The third-order valence-electron chi connectivity index (χ3n) is 4.30. The lowest BCUT2D eigenvalue weighted by atomic mass is 10.0. The molecule has 0 radical (unpaired) electrons. The molecular weight excluding hydrogens is 408 g/mol. The lowest BCUT2D eigenvalue weighted by molar-refractivity contribution is -0.143. The molecule has 2 nitrogen and oxygen atoms in total. The molecule has 8 heteroatoms. The van der Waals surface area contributed by atoms with Gasteiger partial charge in [0.05, 0.1) is 17.5 Å². The van der Waals surface area contributed by atoms with Gasteiger partial charge in [0.15, 0.2) is 0 Å².